The summed E-state index contributed by atoms with van der Waals surface area (Å²) in [4.78, 5) is 6.76. The molecule has 0 radical (unpaired) electrons. The molecule has 0 bridgehead atoms. The van der Waals surface area contributed by atoms with Crippen molar-refractivity contribution >= 4 is 0 Å². The van der Waals surface area contributed by atoms with Crippen LogP contribution in [0.4, 0.5) is 0 Å². The first-order chi connectivity index (χ1) is 8.70. The van der Waals surface area contributed by atoms with Crippen LogP contribution in [0.5, 0.6) is 0 Å². The standard InChI is InChI=1S/C13H24N4O/c1-3-5-17-7-8-18-12(10-17)11(14)9-13-15-4-6-16(13)2/h4,6,11-12H,3,5,7-10,14H2,1-2H3. The van der Waals surface area contributed by atoms with Crippen LogP contribution in [0, 0.1) is 0 Å². The van der Waals surface area contributed by atoms with E-state index >= 15 is 0 Å². The number of aryl methyl sites for hydroxylation is 1. The second-order valence-corrected chi connectivity index (χ2v) is 5.03. The summed E-state index contributed by atoms with van der Waals surface area (Å²) in [5.41, 5.74) is 6.26. The number of rotatable bonds is 5. The van der Waals surface area contributed by atoms with E-state index in [1.165, 1.54) is 6.42 Å². The van der Waals surface area contributed by atoms with E-state index in [9.17, 15) is 0 Å². The number of ether oxygens (including phenoxy) is 1. The van der Waals surface area contributed by atoms with Gasteiger partial charge in [0, 0.05) is 45.0 Å². The SMILES string of the molecule is CCCN1CCOC(C(N)Cc2nccn2C)C1. The molecule has 1 aliphatic heterocycles. The van der Waals surface area contributed by atoms with E-state index in [4.69, 9.17) is 10.5 Å². The molecule has 2 unspecified atom stereocenters. The van der Waals surface area contributed by atoms with Crippen molar-refractivity contribution in [3.05, 3.63) is 18.2 Å². The van der Waals surface area contributed by atoms with Crippen LogP contribution in [-0.4, -0.2) is 52.8 Å². The van der Waals surface area contributed by atoms with Gasteiger partial charge in [-0.25, -0.2) is 4.98 Å². The molecule has 0 aromatic carbocycles. The first-order valence-corrected chi connectivity index (χ1v) is 6.76. The number of hydrogen-bond acceptors (Lipinski definition) is 4. The molecular formula is C13H24N4O. The van der Waals surface area contributed by atoms with E-state index in [2.05, 4.69) is 16.8 Å². The fourth-order valence-corrected chi connectivity index (χ4v) is 2.45. The minimum atomic E-state index is 0.0192. The molecule has 1 aliphatic rings. The topological polar surface area (TPSA) is 56.3 Å². The van der Waals surface area contributed by atoms with Gasteiger partial charge in [-0.3, -0.25) is 4.90 Å². The van der Waals surface area contributed by atoms with E-state index < -0.39 is 0 Å². The maximum Gasteiger partial charge on any atom is 0.110 e. The molecule has 2 heterocycles. The minimum Gasteiger partial charge on any atom is -0.374 e. The molecule has 1 saturated heterocycles. The first kappa shape index (κ1) is 13.5. The molecule has 1 aromatic rings. The average Bonchev–Trinajstić information content (AvgIpc) is 2.76. The van der Waals surface area contributed by atoms with Gasteiger partial charge >= 0.3 is 0 Å². The van der Waals surface area contributed by atoms with E-state index in [1.54, 1.807) is 0 Å². The van der Waals surface area contributed by atoms with Crippen molar-refractivity contribution in [2.45, 2.75) is 31.9 Å². The van der Waals surface area contributed by atoms with Crippen LogP contribution in [0.15, 0.2) is 12.4 Å². The third-order valence-electron chi connectivity index (χ3n) is 3.53. The van der Waals surface area contributed by atoms with Crippen LogP contribution in [-0.2, 0) is 18.2 Å². The summed E-state index contributed by atoms with van der Waals surface area (Å²) >= 11 is 0. The lowest BCUT2D eigenvalue weighted by atomic mass is 10.1. The van der Waals surface area contributed by atoms with Gasteiger partial charge < -0.3 is 15.0 Å². The number of imidazole rings is 1. The molecular weight excluding hydrogens is 228 g/mol. The fraction of sp³-hybridized carbons (Fsp3) is 0.769. The van der Waals surface area contributed by atoms with Gasteiger partial charge in [-0.05, 0) is 13.0 Å². The number of nitrogens with two attached hydrogens (primary N) is 1. The van der Waals surface area contributed by atoms with Crippen LogP contribution < -0.4 is 5.73 Å². The zero-order valence-corrected chi connectivity index (χ0v) is 11.4. The number of hydrogen-bond donors (Lipinski definition) is 1. The summed E-state index contributed by atoms with van der Waals surface area (Å²) in [6.45, 7) is 6.10. The van der Waals surface area contributed by atoms with E-state index in [0.29, 0.717) is 0 Å². The molecule has 0 amide bonds. The Morgan fingerprint density at radius 2 is 2.44 bits per heavy atom. The number of aromatic nitrogens is 2. The molecule has 0 aliphatic carbocycles. The molecule has 18 heavy (non-hydrogen) atoms. The van der Waals surface area contributed by atoms with Crippen molar-refractivity contribution in [3.8, 4) is 0 Å². The molecule has 102 valence electrons. The first-order valence-electron chi connectivity index (χ1n) is 6.76. The Balaban J connectivity index is 1.88. The average molecular weight is 252 g/mol. The van der Waals surface area contributed by atoms with Crippen LogP contribution in [0.3, 0.4) is 0 Å². The van der Waals surface area contributed by atoms with E-state index in [1.807, 2.05) is 24.0 Å². The highest BCUT2D eigenvalue weighted by molar-refractivity contribution is 4.96. The number of nitrogens with zero attached hydrogens (tertiary/aromatic N) is 3. The predicted molar refractivity (Wildman–Crippen MR) is 71.4 cm³/mol. The molecule has 5 heteroatoms. The monoisotopic (exact) mass is 252 g/mol. The lowest BCUT2D eigenvalue weighted by Crippen LogP contribution is -2.51. The van der Waals surface area contributed by atoms with Crippen molar-refractivity contribution in [2.75, 3.05) is 26.2 Å². The zero-order valence-electron chi connectivity index (χ0n) is 11.4. The van der Waals surface area contributed by atoms with Crippen molar-refractivity contribution < 1.29 is 4.74 Å². The fourth-order valence-electron chi connectivity index (χ4n) is 2.45. The third-order valence-corrected chi connectivity index (χ3v) is 3.53. The number of morpholine rings is 1. The van der Waals surface area contributed by atoms with Crippen LogP contribution in [0.2, 0.25) is 0 Å². The smallest absolute Gasteiger partial charge is 0.110 e. The Bertz CT molecular complexity index is 364. The maximum atomic E-state index is 6.26. The highest BCUT2D eigenvalue weighted by Crippen LogP contribution is 2.11. The molecule has 2 N–H and O–H groups in total. The third kappa shape index (κ3) is 3.31. The van der Waals surface area contributed by atoms with Crippen molar-refractivity contribution in [1.29, 1.82) is 0 Å². The van der Waals surface area contributed by atoms with Gasteiger partial charge in [-0.2, -0.15) is 0 Å². The van der Waals surface area contributed by atoms with Gasteiger partial charge in [0.2, 0.25) is 0 Å². The van der Waals surface area contributed by atoms with E-state index in [-0.39, 0.29) is 12.1 Å². The van der Waals surface area contributed by atoms with Crippen LogP contribution >= 0.6 is 0 Å². The van der Waals surface area contributed by atoms with Gasteiger partial charge in [0.1, 0.15) is 5.82 Å². The van der Waals surface area contributed by atoms with Crippen molar-refractivity contribution in [3.63, 3.8) is 0 Å². The van der Waals surface area contributed by atoms with E-state index in [0.717, 1.165) is 38.5 Å². The summed E-state index contributed by atoms with van der Waals surface area (Å²) < 4.78 is 7.82. The molecule has 5 nitrogen and oxygen atoms in total. The van der Waals surface area contributed by atoms with Crippen LogP contribution in [0.25, 0.3) is 0 Å². The Morgan fingerprint density at radius 1 is 1.61 bits per heavy atom. The van der Waals surface area contributed by atoms with Gasteiger partial charge in [0.25, 0.3) is 0 Å². The van der Waals surface area contributed by atoms with Crippen molar-refractivity contribution in [2.24, 2.45) is 12.8 Å². The quantitative estimate of drug-likeness (QED) is 0.824. The van der Waals surface area contributed by atoms with Gasteiger partial charge in [0.15, 0.2) is 0 Å². The van der Waals surface area contributed by atoms with Gasteiger partial charge in [-0.1, -0.05) is 6.92 Å². The molecule has 0 saturated carbocycles. The van der Waals surface area contributed by atoms with Crippen molar-refractivity contribution in [1.82, 2.24) is 14.5 Å². The Kier molecular flexibility index (Phi) is 4.74. The summed E-state index contributed by atoms with van der Waals surface area (Å²) in [5, 5.41) is 0. The Hall–Kier alpha value is -0.910. The highest BCUT2D eigenvalue weighted by Gasteiger charge is 2.26. The summed E-state index contributed by atoms with van der Waals surface area (Å²) in [7, 11) is 2.00. The molecule has 2 atom stereocenters. The minimum absolute atomic E-state index is 0.0192. The second kappa shape index (κ2) is 6.31. The molecule has 0 spiro atoms. The Morgan fingerprint density at radius 3 is 3.11 bits per heavy atom. The van der Waals surface area contributed by atoms with Gasteiger partial charge in [0.05, 0.1) is 12.7 Å². The lowest BCUT2D eigenvalue weighted by Gasteiger charge is -2.35. The summed E-state index contributed by atoms with van der Waals surface area (Å²) in [5.74, 6) is 1.03. The summed E-state index contributed by atoms with van der Waals surface area (Å²) in [6.07, 6.45) is 5.84. The highest BCUT2D eigenvalue weighted by atomic mass is 16.5. The maximum absolute atomic E-state index is 6.26. The predicted octanol–water partition coefficient (Wildman–Crippen LogP) is 0.401. The lowest BCUT2D eigenvalue weighted by molar-refractivity contribution is -0.0403. The normalized spacial score (nSPS) is 23.2. The second-order valence-electron chi connectivity index (χ2n) is 5.03. The molecule has 2 rings (SSSR count). The largest absolute Gasteiger partial charge is 0.374 e. The Labute approximate surface area is 109 Å². The summed E-state index contributed by atoms with van der Waals surface area (Å²) in [6, 6.07) is 0.0192. The van der Waals surface area contributed by atoms with Crippen LogP contribution in [0.1, 0.15) is 19.2 Å². The van der Waals surface area contributed by atoms with Gasteiger partial charge in [-0.15, -0.1) is 0 Å². The zero-order chi connectivity index (χ0) is 13.0. The molecule has 1 fully saturated rings. The molecule has 1 aromatic heterocycles.